The van der Waals surface area contributed by atoms with Gasteiger partial charge in [-0.3, -0.25) is 0 Å². The summed E-state index contributed by atoms with van der Waals surface area (Å²) in [7, 11) is 0. The molecule has 5 heteroatoms. The van der Waals surface area contributed by atoms with Gasteiger partial charge in [0, 0.05) is 18.7 Å². The first-order valence-corrected chi connectivity index (χ1v) is 6.15. The second kappa shape index (κ2) is 6.15. The molecule has 19 heavy (non-hydrogen) atoms. The van der Waals surface area contributed by atoms with E-state index in [1.165, 1.54) is 0 Å². The molecular weight excluding hydrogens is 244 g/mol. The van der Waals surface area contributed by atoms with Gasteiger partial charge in [0.15, 0.2) is 0 Å². The minimum Gasteiger partial charge on any atom is -0.478 e. The number of carbonyl (C=O) groups is 1. The summed E-state index contributed by atoms with van der Waals surface area (Å²) in [5, 5.41) is 16.0. The Morgan fingerprint density at radius 1 is 1.32 bits per heavy atom. The molecule has 100 valence electrons. The molecule has 1 aromatic carbocycles. The average Bonchev–Trinajstić information content (AvgIpc) is 2.87. The zero-order chi connectivity index (χ0) is 13.7. The Labute approximate surface area is 111 Å². The van der Waals surface area contributed by atoms with Crippen LogP contribution < -0.4 is 5.32 Å². The Balaban J connectivity index is 1.87. The number of rotatable bonds is 6. The summed E-state index contributed by atoms with van der Waals surface area (Å²) in [5.41, 5.74) is 3.37. The number of carboxylic acids is 1. The Morgan fingerprint density at radius 3 is 2.68 bits per heavy atom. The molecule has 2 aromatic rings. The molecule has 0 fully saturated rings. The molecule has 0 amide bonds. The first-order chi connectivity index (χ1) is 9.20. The number of aromatic nitrogens is 1. The third kappa shape index (κ3) is 3.42. The van der Waals surface area contributed by atoms with Crippen molar-refractivity contribution in [3.63, 3.8) is 0 Å². The summed E-state index contributed by atoms with van der Waals surface area (Å²) in [6.45, 7) is 3.40. The van der Waals surface area contributed by atoms with Gasteiger partial charge < -0.3 is 14.9 Å². The minimum absolute atomic E-state index is 0.302. The van der Waals surface area contributed by atoms with Crippen LogP contribution in [0.4, 0.5) is 0 Å². The molecule has 0 aliphatic carbocycles. The largest absolute Gasteiger partial charge is 0.478 e. The maximum Gasteiger partial charge on any atom is 0.335 e. The maximum atomic E-state index is 10.7. The molecule has 0 bridgehead atoms. The quantitative estimate of drug-likeness (QED) is 0.833. The normalized spacial score (nSPS) is 10.6. The molecular formula is C14H16N2O3. The van der Waals surface area contributed by atoms with E-state index in [0.29, 0.717) is 18.7 Å². The van der Waals surface area contributed by atoms with Crippen LogP contribution in [0, 0.1) is 0 Å². The smallest absolute Gasteiger partial charge is 0.335 e. The predicted molar refractivity (Wildman–Crippen MR) is 69.8 cm³/mol. The zero-order valence-corrected chi connectivity index (χ0v) is 10.7. The van der Waals surface area contributed by atoms with E-state index in [1.54, 1.807) is 18.4 Å². The summed E-state index contributed by atoms with van der Waals surface area (Å²) in [4.78, 5) is 10.7. The number of nitrogens with one attached hydrogen (secondary N) is 1. The van der Waals surface area contributed by atoms with Gasteiger partial charge in [0.1, 0.15) is 6.26 Å². The molecule has 0 aliphatic heterocycles. The van der Waals surface area contributed by atoms with Crippen LogP contribution >= 0.6 is 0 Å². The standard InChI is InChI=1S/C14H16N2O3/c1-2-13-12(9-19-16-13)8-15-7-10-3-5-11(6-4-10)14(17)18/h3-6,9,15H,2,7-8H2,1H3,(H,17,18). The van der Waals surface area contributed by atoms with E-state index in [-0.39, 0.29) is 0 Å². The second-order valence-electron chi connectivity index (χ2n) is 4.25. The van der Waals surface area contributed by atoms with Gasteiger partial charge in [-0.2, -0.15) is 0 Å². The Bertz CT molecular complexity index is 546. The number of aryl methyl sites for hydroxylation is 1. The van der Waals surface area contributed by atoms with Crippen LogP contribution in [0.3, 0.4) is 0 Å². The Hall–Kier alpha value is -2.14. The highest BCUT2D eigenvalue weighted by molar-refractivity contribution is 5.87. The topological polar surface area (TPSA) is 75.4 Å². The molecule has 2 N–H and O–H groups in total. The molecule has 1 heterocycles. The minimum atomic E-state index is -0.906. The highest BCUT2D eigenvalue weighted by atomic mass is 16.5. The molecule has 0 radical (unpaired) electrons. The molecule has 2 rings (SSSR count). The highest BCUT2D eigenvalue weighted by Crippen LogP contribution is 2.08. The highest BCUT2D eigenvalue weighted by Gasteiger charge is 2.05. The van der Waals surface area contributed by atoms with E-state index in [4.69, 9.17) is 9.63 Å². The van der Waals surface area contributed by atoms with Crippen molar-refractivity contribution in [1.82, 2.24) is 10.5 Å². The van der Waals surface area contributed by atoms with Gasteiger partial charge >= 0.3 is 5.97 Å². The van der Waals surface area contributed by atoms with Gasteiger partial charge in [-0.1, -0.05) is 24.2 Å². The van der Waals surface area contributed by atoms with Crippen LogP contribution in [0.5, 0.6) is 0 Å². The van der Waals surface area contributed by atoms with Crippen molar-refractivity contribution in [3.8, 4) is 0 Å². The van der Waals surface area contributed by atoms with Crippen molar-refractivity contribution < 1.29 is 14.4 Å². The third-order valence-corrected chi connectivity index (χ3v) is 2.91. The van der Waals surface area contributed by atoms with Crippen LogP contribution in [0.25, 0.3) is 0 Å². The summed E-state index contributed by atoms with van der Waals surface area (Å²) < 4.78 is 4.93. The lowest BCUT2D eigenvalue weighted by atomic mass is 10.1. The number of carboxylic acid groups (broad SMARTS) is 1. The molecule has 0 aliphatic rings. The molecule has 0 unspecified atom stereocenters. The zero-order valence-electron chi connectivity index (χ0n) is 10.7. The van der Waals surface area contributed by atoms with E-state index in [9.17, 15) is 4.79 Å². The van der Waals surface area contributed by atoms with E-state index in [0.717, 1.165) is 23.2 Å². The van der Waals surface area contributed by atoms with Crippen molar-refractivity contribution in [2.45, 2.75) is 26.4 Å². The van der Waals surface area contributed by atoms with Gasteiger partial charge in [-0.05, 0) is 24.1 Å². The third-order valence-electron chi connectivity index (χ3n) is 2.91. The van der Waals surface area contributed by atoms with Crippen LogP contribution in [0.2, 0.25) is 0 Å². The van der Waals surface area contributed by atoms with Crippen molar-refractivity contribution in [1.29, 1.82) is 0 Å². The van der Waals surface area contributed by atoms with Gasteiger partial charge in [0.2, 0.25) is 0 Å². The van der Waals surface area contributed by atoms with Crippen molar-refractivity contribution in [2.75, 3.05) is 0 Å². The molecule has 1 aromatic heterocycles. The molecule has 0 saturated carbocycles. The Morgan fingerprint density at radius 2 is 2.05 bits per heavy atom. The molecule has 0 saturated heterocycles. The van der Waals surface area contributed by atoms with Crippen molar-refractivity contribution in [2.24, 2.45) is 0 Å². The summed E-state index contributed by atoms with van der Waals surface area (Å²) in [6, 6.07) is 6.84. The SMILES string of the molecule is CCc1nocc1CNCc1ccc(C(=O)O)cc1. The van der Waals surface area contributed by atoms with Gasteiger partial charge in [-0.25, -0.2) is 4.79 Å². The fraction of sp³-hybridized carbons (Fsp3) is 0.286. The van der Waals surface area contributed by atoms with E-state index in [1.807, 2.05) is 19.1 Å². The fourth-order valence-electron chi connectivity index (χ4n) is 1.82. The van der Waals surface area contributed by atoms with Gasteiger partial charge in [0.25, 0.3) is 0 Å². The van der Waals surface area contributed by atoms with E-state index in [2.05, 4.69) is 10.5 Å². The number of hydrogen-bond acceptors (Lipinski definition) is 4. The summed E-state index contributed by atoms with van der Waals surface area (Å²) in [6.07, 6.45) is 2.50. The summed E-state index contributed by atoms with van der Waals surface area (Å²) in [5.74, 6) is -0.906. The van der Waals surface area contributed by atoms with E-state index >= 15 is 0 Å². The van der Waals surface area contributed by atoms with E-state index < -0.39 is 5.97 Å². The first-order valence-electron chi connectivity index (χ1n) is 6.15. The number of hydrogen-bond donors (Lipinski definition) is 2. The molecule has 0 atom stereocenters. The second-order valence-corrected chi connectivity index (χ2v) is 4.25. The Kier molecular flexibility index (Phi) is 4.30. The average molecular weight is 260 g/mol. The fourth-order valence-corrected chi connectivity index (χ4v) is 1.82. The van der Waals surface area contributed by atoms with Crippen LogP contribution in [0.15, 0.2) is 35.1 Å². The number of nitrogens with zero attached hydrogens (tertiary/aromatic N) is 1. The monoisotopic (exact) mass is 260 g/mol. The number of benzene rings is 1. The number of aromatic carboxylic acids is 1. The molecule has 5 nitrogen and oxygen atoms in total. The van der Waals surface area contributed by atoms with Gasteiger partial charge in [0.05, 0.1) is 11.3 Å². The lowest BCUT2D eigenvalue weighted by molar-refractivity contribution is 0.0697. The lowest BCUT2D eigenvalue weighted by Crippen LogP contribution is -2.13. The lowest BCUT2D eigenvalue weighted by Gasteiger charge is -2.04. The molecule has 0 spiro atoms. The first kappa shape index (κ1) is 13.3. The summed E-state index contributed by atoms with van der Waals surface area (Å²) >= 11 is 0. The van der Waals surface area contributed by atoms with Crippen molar-refractivity contribution in [3.05, 3.63) is 52.9 Å². The van der Waals surface area contributed by atoms with Crippen LogP contribution in [-0.2, 0) is 19.5 Å². The van der Waals surface area contributed by atoms with Crippen LogP contribution in [-0.4, -0.2) is 16.2 Å². The maximum absolute atomic E-state index is 10.7. The van der Waals surface area contributed by atoms with Crippen LogP contribution in [0.1, 0.15) is 34.1 Å². The van der Waals surface area contributed by atoms with Gasteiger partial charge in [-0.15, -0.1) is 0 Å². The van der Waals surface area contributed by atoms with Crippen molar-refractivity contribution >= 4 is 5.97 Å². The predicted octanol–water partition coefficient (Wildman–Crippen LogP) is 2.23.